The van der Waals surface area contributed by atoms with Crippen molar-refractivity contribution in [2.45, 2.75) is 40.2 Å². The number of methoxy groups -OCH3 is 1. The summed E-state index contributed by atoms with van der Waals surface area (Å²) in [5.41, 5.74) is 8.45. The van der Waals surface area contributed by atoms with E-state index in [-0.39, 0.29) is 5.41 Å². The van der Waals surface area contributed by atoms with Crippen molar-refractivity contribution in [1.82, 2.24) is 5.32 Å². The number of nitrogens with two attached hydrogens (primary N) is 1. The van der Waals surface area contributed by atoms with Gasteiger partial charge < -0.3 is 15.8 Å². The van der Waals surface area contributed by atoms with E-state index in [4.69, 9.17) is 10.5 Å². The molecule has 3 heteroatoms. The Hall–Kier alpha value is -1.06. The molecule has 0 saturated heterocycles. The minimum absolute atomic E-state index is 0.240. The Morgan fingerprint density at radius 1 is 1.32 bits per heavy atom. The van der Waals surface area contributed by atoms with E-state index in [1.807, 2.05) is 0 Å². The quantitative estimate of drug-likeness (QED) is 0.759. The molecule has 0 bridgehead atoms. The van der Waals surface area contributed by atoms with E-state index < -0.39 is 0 Å². The lowest BCUT2D eigenvalue weighted by atomic mass is 9.89. The van der Waals surface area contributed by atoms with Crippen LogP contribution in [0.1, 0.15) is 38.3 Å². The Morgan fingerprint density at radius 2 is 2.05 bits per heavy atom. The van der Waals surface area contributed by atoms with Crippen molar-refractivity contribution in [2.24, 2.45) is 11.1 Å². The first-order valence-corrected chi connectivity index (χ1v) is 7.09. The summed E-state index contributed by atoms with van der Waals surface area (Å²) in [4.78, 5) is 0. The number of ether oxygens (including phenoxy) is 1. The second kappa shape index (κ2) is 7.51. The molecule has 0 atom stereocenters. The third-order valence-corrected chi connectivity index (χ3v) is 3.49. The molecule has 0 aromatic heterocycles. The van der Waals surface area contributed by atoms with Crippen LogP contribution in [0.2, 0.25) is 0 Å². The van der Waals surface area contributed by atoms with Crippen molar-refractivity contribution in [3.8, 4) is 5.75 Å². The average molecular weight is 264 g/mol. The van der Waals surface area contributed by atoms with Crippen LogP contribution in [0.3, 0.4) is 0 Å². The molecule has 0 fully saturated rings. The molecule has 0 aliphatic carbocycles. The number of nitrogens with one attached hydrogen (secondary N) is 1. The van der Waals surface area contributed by atoms with Gasteiger partial charge >= 0.3 is 0 Å². The fraction of sp³-hybridized carbons (Fsp3) is 0.625. The molecule has 0 amide bonds. The lowest BCUT2D eigenvalue weighted by Gasteiger charge is -2.24. The normalized spacial score (nSPS) is 11.6. The van der Waals surface area contributed by atoms with Gasteiger partial charge in [0.15, 0.2) is 0 Å². The van der Waals surface area contributed by atoms with Crippen LogP contribution in [0.4, 0.5) is 0 Å². The maximum Gasteiger partial charge on any atom is 0.123 e. The summed E-state index contributed by atoms with van der Waals surface area (Å²) in [5.74, 6) is 0.960. The summed E-state index contributed by atoms with van der Waals surface area (Å²) in [6.07, 6.45) is 2.09. The van der Waals surface area contributed by atoms with Crippen LogP contribution >= 0.6 is 0 Å². The Morgan fingerprint density at radius 3 is 2.63 bits per heavy atom. The highest BCUT2D eigenvalue weighted by Gasteiger charge is 2.16. The molecule has 3 N–H and O–H groups in total. The summed E-state index contributed by atoms with van der Waals surface area (Å²) in [6, 6.07) is 6.41. The highest BCUT2D eigenvalue weighted by Crippen LogP contribution is 2.21. The maximum absolute atomic E-state index is 5.63. The molecular formula is C16H28N2O. The van der Waals surface area contributed by atoms with Crippen molar-refractivity contribution in [3.63, 3.8) is 0 Å². The lowest BCUT2D eigenvalue weighted by molar-refractivity contribution is 0.317. The van der Waals surface area contributed by atoms with Crippen molar-refractivity contribution in [2.75, 3.05) is 20.2 Å². The largest absolute Gasteiger partial charge is 0.496 e. The van der Waals surface area contributed by atoms with E-state index in [0.29, 0.717) is 0 Å². The second-order valence-corrected chi connectivity index (χ2v) is 5.81. The van der Waals surface area contributed by atoms with Crippen molar-refractivity contribution < 1.29 is 4.74 Å². The van der Waals surface area contributed by atoms with Gasteiger partial charge in [-0.15, -0.1) is 0 Å². The summed E-state index contributed by atoms with van der Waals surface area (Å²) in [7, 11) is 1.73. The molecule has 0 saturated carbocycles. The van der Waals surface area contributed by atoms with E-state index in [9.17, 15) is 0 Å². The molecule has 0 aliphatic heterocycles. The fourth-order valence-corrected chi connectivity index (χ4v) is 2.20. The number of benzene rings is 1. The Kier molecular flexibility index (Phi) is 6.32. The Bertz CT molecular complexity index is 388. The van der Waals surface area contributed by atoms with Crippen molar-refractivity contribution >= 4 is 0 Å². The third-order valence-electron chi connectivity index (χ3n) is 3.49. The fourth-order valence-electron chi connectivity index (χ4n) is 2.20. The summed E-state index contributed by atoms with van der Waals surface area (Å²) >= 11 is 0. The molecule has 1 aromatic carbocycles. The van der Waals surface area contributed by atoms with E-state index in [1.165, 1.54) is 11.1 Å². The molecule has 19 heavy (non-hydrogen) atoms. The molecule has 1 aromatic rings. The lowest BCUT2D eigenvalue weighted by Crippen LogP contribution is -2.31. The van der Waals surface area contributed by atoms with E-state index in [0.717, 1.165) is 38.2 Å². The first-order chi connectivity index (χ1) is 9.02. The Labute approximate surface area is 117 Å². The van der Waals surface area contributed by atoms with Gasteiger partial charge in [0.1, 0.15) is 5.75 Å². The van der Waals surface area contributed by atoms with Crippen LogP contribution in [0.5, 0.6) is 5.75 Å². The number of aryl methyl sites for hydroxylation is 1. The van der Waals surface area contributed by atoms with Crippen LogP contribution in [0.15, 0.2) is 18.2 Å². The first kappa shape index (κ1) is 16.0. The topological polar surface area (TPSA) is 47.3 Å². The van der Waals surface area contributed by atoms with E-state index in [1.54, 1.807) is 7.11 Å². The van der Waals surface area contributed by atoms with Gasteiger partial charge in [-0.25, -0.2) is 0 Å². The van der Waals surface area contributed by atoms with Crippen LogP contribution in [-0.2, 0) is 13.0 Å². The van der Waals surface area contributed by atoms with Gasteiger partial charge in [-0.3, -0.25) is 0 Å². The zero-order chi connectivity index (χ0) is 14.3. The number of hydrogen-bond acceptors (Lipinski definition) is 3. The first-order valence-electron chi connectivity index (χ1n) is 7.09. The molecular weight excluding hydrogens is 236 g/mol. The summed E-state index contributed by atoms with van der Waals surface area (Å²) in [5, 5.41) is 3.52. The summed E-state index contributed by atoms with van der Waals surface area (Å²) < 4.78 is 5.41. The van der Waals surface area contributed by atoms with Gasteiger partial charge in [-0.1, -0.05) is 32.9 Å². The molecule has 0 aliphatic rings. The summed E-state index contributed by atoms with van der Waals surface area (Å²) in [6.45, 7) is 9.19. The number of rotatable bonds is 8. The van der Waals surface area contributed by atoms with Crippen LogP contribution in [0, 0.1) is 5.41 Å². The van der Waals surface area contributed by atoms with Gasteiger partial charge in [0.25, 0.3) is 0 Å². The molecule has 0 radical (unpaired) electrons. The smallest absolute Gasteiger partial charge is 0.123 e. The predicted molar refractivity (Wildman–Crippen MR) is 81.5 cm³/mol. The standard InChI is InChI=1S/C16H28N2O/c1-5-13-6-7-15(19-4)14(10-13)11-18-12-16(2,3)8-9-17/h6-7,10,18H,5,8-9,11-12,17H2,1-4H3. The molecule has 1 rings (SSSR count). The highest BCUT2D eigenvalue weighted by atomic mass is 16.5. The van der Waals surface area contributed by atoms with E-state index in [2.05, 4.69) is 44.3 Å². The van der Waals surface area contributed by atoms with Crippen LogP contribution in [-0.4, -0.2) is 20.2 Å². The van der Waals surface area contributed by atoms with Gasteiger partial charge in [0, 0.05) is 18.7 Å². The number of hydrogen-bond donors (Lipinski definition) is 2. The molecule has 3 nitrogen and oxygen atoms in total. The zero-order valence-corrected chi connectivity index (χ0v) is 12.8. The average Bonchev–Trinajstić information content (AvgIpc) is 2.38. The van der Waals surface area contributed by atoms with Crippen LogP contribution in [0.25, 0.3) is 0 Å². The highest BCUT2D eigenvalue weighted by molar-refractivity contribution is 5.37. The molecule has 0 spiro atoms. The van der Waals surface area contributed by atoms with Crippen LogP contribution < -0.4 is 15.8 Å². The second-order valence-electron chi connectivity index (χ2n) is 5.81. The Balaban J connectivity index is 2.61. The predicted octanol–water partition coefficient (Wildman–Crippen LogP) is 2.72. The van der Waals surface area contributed by atoms with Crippen molar-refractivity contribution in [3.05, 3.63) is 29.3 Å². The zero-order valence-electron chi connectivity index (χ0n) is 12.8. The van der Waals surface area contributed by atoms with E-state index >= 15 is 0 Å². The van der Waals surface area contributed by atoms with Gasteiger partial charge in [-0.2, -0.15) is 0 Å². The maximum atomic E-state index is 5.63. The third kappa shape index (κ3) is 5.21. The van der Waals surface area contributed by atoms with Gasteiger partial charge in [0.05, 0.1) is 7.11 Å². The molecule has 0 heterocycles. The minimum Gasteiger partial charge on any atom is -0.496 e. The minimum atomic E-state index is 0.240. The molecule has 108 valence electrons. The molecule has 0 unspecified atom stereocenters. The SMILES string of the molecule is CCc1ccc(OC)c(CNCC(C)(C)CCN)c1. The van der Waals surface area contributed by atoms with Gasteiger partial charge in [0.2, 0.25) is 0 Å². The monoisotopic (exact) mass is 264 g/mol. The van der Waals surface area contributed by atoms with Crippen molar-refractivity contribution in [1.29, 1.82) is 0 Å². The van der Waals surface area contributed by atoms with Gasteiger partial charge in [-0.05, 0) is 36.4 Å².